The van der Waals surface area contributed by atoms with E-state index in [9.17, 15) is 4.39 Å². The van der Waals surface area contributed by atoms with E-state index in [4.69, 9.17) is 9.15 Å². The van der Waals surface area contributed by atoms with Crippen LogP contribution in [0.5, 0.6) is 0 Å². The molecule has 1 atom stereocenters. The van der Waals surface area contributed by atoms with Crippen LogP contribution < -0.4 is 0 Å². The van der Waals surface area contributed by atoms with E-state index in [2.05, 4.69) is 19.7 Å². The highest BCUT2D eigenvalue weighted by atomic mass is 32.2. The summed E-state index contributed by atoms with van der Waals surface area (Å²) in [4.78, 5) is 4.52. The lowest BCUT2D eigenvalue weighted by atomic mass is 10.2. The number of benzene rings is 2. The minimum atomic E-state index is -0.274. The molecular weight excluding hydrogens is 391 g/mol. The van der Waals surface area contributed by atoms with Crippen molar-refractivity contribution in [3.05, 3.63) is 60.2 Å². The summed E-state index contributed by atoms with van der Waals surface area (Å²) >= 11 is 1.52. The van der Waals surface area contributed by atoms with Crippen LogP contribution in [0.15, 0.2) is 58.1 Å². The number of oxazole rings is 1. The fourth-order valence-electron chi connectivity index (χ4n) is 3.47. The topological polar surface area (TPSA) is 66.0 Å². The van der Waals surface area contributed by atoms with Gasteiger partial charge in [-0.25, -0.2) is 9.37 Å². The quantitative estimate of drug-likeness (QED) is 0.430. The van der Waals surface area contributed by atoms with E-state index in [-0.39, 0.29) is 11.9 Å². The number of fused-ring (bicyclic) bond motifs is 1. The molecule has 0 spiro atoms. The van der Waals surface area contributed by atoms with Gasteiger partial charge in [0.2, 0.25) is 5.89 Å². The average molecular weight is 410 g/mol. The van der Waals surface area contributed by atoms with Crippen molar-refractivity contribution in [2.24, 2.45) is 0 Å². The van der Waals surface area contributed by atoms with Crippen LogP contribution in [0.25, 0.3) is 22.5 Å². The van der Waals surface area contributed by atoms with Gasteiger partial charge in [-0.05, 0) is 49.2 Å². The monoisotopic (exact) mass is 410 g/mol. The van der Waals surface area contributed by atoms with Gasteiger partial charge in [0, 0.05) is 12.2 Å². The molecule has 1 fully saturated rings. The summed E-state index contributed by atoms with van der Waals surface area (Å²) in [6.07, 6.45) is 2.20. The maximum absolute atomic E-state index is 13.3. The minimum absolute atomic E-state index is 0.133. The van der Waals surface area contributed by atoms with Gasteiger partial charge in [-0.1, -0.05) is 23.9 Å². The average Bonchev–Trinajstić information content (AvgIpc) is 3.47. The highest BCUT2D eigenvalue weighted by Gasteiger charge is 2.22. The summed E-state index contributed by atoms with van der Waals surface area (Å²) in [5.74, 6) is 1.62. The molecule has 0 unspecified atom stereocenters. The van der Waals surface area contributed by atoms with Gasteiger partial charge in [-0.2, -0.15) is 0 Å². The van der Waals surface area contributed by atoms with Crippen LogP contribution in [0.3, 0.4) is 0 Å². The van der Waals surface area contributed by atoms with E-state index in [1.54, 1.807) is 12.1 Å². The first-order valence-corrected chi connectivity index (χ1v) is 10.5. The molecule has 5 rings (SSSR count). The Bertz CT molecular complexity index is 1090. The van der Waals surface area contributed by atoms with Gasteiger partial charge < -0.3 is 9.15 Å². The highest BCUT2D eigenvalue weighted by Crippen LogP contribution is 2.29. The summed E-state index contributed by atoms with van der Waals surface area (Å²) in [5, 5.41) is 9.53. The first-order chi connectivity index (χ1) is 14.3. The molecule has 3 heterocycles. The van der Waals surface area contributed by atoms with Crippen LogP contribution >= 0.6 is 11.8 Å². The number of aromatic nitrogens is 4. The summed E-state index contributed by atoms with van der Waals surface area (Å²) in [7, 11) is 0. The Labute approximate surface area is 171 Å². The summed E-state index contributed by atoms with van der Waals surface area (Å²) < 4.78 is 27.0. The molecule has 1 aliphatic heterocycles. The van der Waals surface area contributed by atoms with Crippen molar-refractivity contribution in [2.45, 2.75) is 36.4 Å². The molecule has 1 aliphatic rings. The van der Waals surface area contributed by atoms with Gasteiger partial charge in [-0.15, -0.1) is 10.2 Å². The third-order valence-electron chi connectivity index (χ3n) is 4.89. The van der Waals surface area contributed by atoms with Crippen molar-refractivity contribution in [1.29, 1.82) is 0 Å². The van der Waals surface area contributed by atoms with Crippen LogP contribution in [0.4, 0.5) is 4.39 Å². The lowest BCUT2D eigenvalue weighted by Crippen LogP contribution is -2.16. The van der Waals surface area contributed by atoms with Gasteiger partial charge in [-0.3, -0.25) is 4.57 Å². The first kappa shape index (κ1) is 18.3. The van der Waals surface area contributed by atoms with Crippen molar-refractivity contribution < 1.29 is 13.5 Å². The third kappa shape index (κ3) is 3.90. The molecule has 0 radical (unpaired) electrons. The van der Waals surface area contributed by atoms with Crippen LogP contribution in [0.1, 0.15) is 18.7 Å². The van der Waals surface area contributed by atoms with Gasteiger partial charge in [0.05, 0.1) is 18.4 Å². The SMILES string of the molecule is Fc1ccc(-c2nnc(SCc3nc4ccccc4o3)n2C[C@@H]2CCCO2)cc1. The Morgan fingerprint density at radius 1 is 1.10 bits per heavy atom. The second-order valence-corrected chi connectivity index (χ2v) is 7.87. The zero-order chi connectivity index (χ0) is 19.6. The molecule has 0 saturated carbocycles. The van der Waals surface area contributed by atoms with Crippen molar-refractivity contribution in [2.75, 3.05) is 6.61 Å². The van der Waals surface area contributed by atoms with Crippen molar-refractivity contribution in [1.82, 2.24) is 19.7 Å². The van der Waals surface area contributed by atoms with E-state index in [0.717, 1.165) is 41.3 Å². The molecule has 2 aromatic carbocycles. The van der Waals surface area contributed by atoms with E-state index in [0.29, 0.717) is 24.0 Å². The molecule has 6 nitrogen and oxygen atoms in total. The number of nitrogens with zero attached hydrogens (tertiary/aromatic N) is 4. The molecule has 2 aromatic heterocycles. The first-order valence-electron chi connectivity index (χ1n) is 9.54. The van der Waals surface area contributed by atoms with Crippen LogP contribution in [0, 0.1) is 5.82 Å². The normalized spacial score (nSPS) is 16.7. The minimum Gasteiger partial charge on any atom is -0.440 e. The second kappa shape index (κ2) is 7.96. The van der Waals surface area contributed by atoms with Gasteiger partial charge >= 0.3 is 0 Å². The standard InChI is InChI=1S/C21H19FN4O2S/c22-15-9-7-14(8-10-15)20-24-25-21(26(20)12-16-4-3-11-27-16)29-13-19-23-17-5-1-2-6-18(17)28-19/h1-2,5-10,16H,3-4,11-13H2/t16-/m0/s1. The second-order valence-electron chi connectivity index (χ2n) is 6.92. The van der Waals surface area contributed by atoms with Gasteiger partial charge in [0.25, 0.3) is 0 Å². The molecule has 0 amide bonds. The number of thioether (sulfide) groups is 1. The smallest absolute Gasteiger partial charge is 0.205 e. The Kier molecular flexibility index (Phi) is 5.03. The molecule has 148 valence electrons. The van der Waals surface area contributed by atoms with E-state index in [1.165, 1.54) is 23.9 Å². The number of halogens is 1. The summed E-state index contributed by atoms with van der Waals surface area (Å²) in [6, 6.07) is 14.0. The van der Waals surface area contributed by atoms with Crippen LogP contribution in [-0.4, -0.2) is 32.5 Å². The van der Waals surface area contributed by atoms with E-state index < -0.39 is 0 Å². The fraction of sp³-hybridized carbons (Fsp3) is 0.286. The zero-order valence-electron chi connectivity index (χ0n) is 15.6. The number of hydrogen-bond acceptors (Lipinski definition) is 6. The lowest BCUT2D eigenvalue weighted by molar-refractivity contribution is 0.0953. The molecule has 0 bridgehead atoms. The Morgan fingerprint density at radius 3 is 2.76 bits per heavy atom. The molecule has 0 N–H and O–H groups in total. The van der Waals surface area contributed by atoms with Crippen LogP contribution in [-0.2, 0) is 17.0 Å². The molecule has 29 heavy (non-hydrogen) atoms. The van der Waals surface area contributed by atoms with Crippen molar-refractivity contribution >= 4 is 22.9 Å². The summed E-state index contributed by atoms with van der Waals surface area (Å²) in [6.45, 7) is 1.44. The number of rotatable bonds is 6. The lowest BCUT2D eigenvalue weighted by Gasteiger charge is -2.14. The maximum atomic E-state index is 13.3. The van der Waals surface area contributed by atoms with Crippen molar-refractivity contribution in [3.63, 3.8) is 0 Å². The predicted octanol–water partition coefficient (Wildman–Crippen LogP) is 4.70. The number of ether oxygens (including phenoxy) is 1. The van der Waals surface area contributed by atoms with E-state index >= 15 is 0 Å². The third-order valence-corrected chi connectivity index (χ3v) is 5.84. The Balaban J connectivity index is 1.42. The zero-order valence-corrected chi connectivity index (χ0v) is 16.4. The highest BCUT2D eigenvalue weighted by molar-refractivity contribution is 7.98. The number of hydrogen-bond donors (Lipinski definition) is 0. The maximum Gasteiger partial charge on any atom is 0.205 e. The van der Waals surface area contributed by atoms with Crippen molar-refractivity contribution in [3.8, 4) is 11.4 Å². The molecule has 4 aromatic rings. The molecule has 8 heteroatoms. The number of para-hydroxylation sites is 2. The van der Waals surface area contributed by atoms with Crippen LogP contribution in [0.2, 0.25) is 0 Å². The fourth-order valence-corrected chi connectivity index (χ4v) is 4.26. The largest absolute Gasteiger partial charge is 0.440 e. The molecule has 1 saturated heterocycles. The molecular formula is C21H19FN4O2S. The summed E-state index contributed by atoms with van der Waals surface area (Å²) in [5.41, 5.74) is 2.44. The predicted molar refractivity (Wildman–Crippen MR) is 108 cm³/mol. The Morgan fingerprint density at radius 2 is 1.97 bits per heavy atom. The van der Waals surface area contributed by atoms with Gasteiger partial charge in [0.15, 0.2) is 16.6 Å². The van der Waals surface area contributed by atoms with Gasteiger partial charge in [0.1, 0.15) is 11.3 Å². The van der Waals surface area contributed by atoms with E-state index in [1.807, 2.05) is 24.3 Å². The molecule has 0 aliphatic carbocycles. The Hall–Kier alpha value is -2.71.